The number of amides is 2. The van der Waals surface area contributed by atoms with Crippen LogP contribution in [0.25, 0.3) is 6.08 Å². The molecule has 148 valence electrons. The fourth-order valence-corrected chi connectivity index (χ4v) is 3.09. The third kappa shape index (κ3) is 4.66. The highest BCUT2D eigenvalue weighted by atomic mass is 79.9. The van der Waals surface area contributed by atoms with E-state index >= 15 is 0 Å². The summed E-state index contributed by atoms with van der Waals surface area (Å²) in [5, 5.41) is 13.2. The molecule has 0 unspecified atom stereocenters. The number of halogens is 1. The van der Waals surface area contributed by atoms with Crippen molar-refractivity contribution in [3.8, 4) is 5.75 Å². The normalized spacial score (nSPS) is 15.4. The van der Waals surface area contributed by atoms with E-state index in [1.165, 1.54) is 30.2 Å². The largest absolute Gasteiger partial charge is 0.488 e. The first kappa shape index (κ1) is 20.6. The monoisotopic (exact) mass is 475 g/mol. The third-order valence-electron chi connectivity index (χ3n) is 4.12. The highest BCUT2D eigenvalue weighted by Crippen LogP contribution is 2.27. The maximum atomic E-state index is 12.4. The number of likely N-dealkylation sites (N-methyl/N-ethyl adjacent to an activating group) is 1. The van der Waals surface area contributed by atoms with E-state index in [1.807, 2.05) is 0 Å². The lowest BCUT2D eigenvalue weighted by Gasteiger charge is -2.25. The molecule has 29 heavy (non-hydrogen) atoms. The Labute approximate surface area is 179 Å². The summed E-state index contributed by atoms with van der Waals surface area (Å²) in [5.41, 5.74) is 1.17. The fraction of sp³-hybridized carbons (Fsp3) is 0.105. The molecular weight excluding hydrogens is 462 g/mol. The Kier molecular flexibility index (Phi) is 6.04. The lowest BCUT2D eigenvalue weighted by atomic mass is 10.1. The number of rotatable bonds is 5. The standard InChI is InChI=1S/C19H14BrN3O5S/c1-22-18(25)15(17(24)21-19(22)29)9-12-8-13(20)4-7-16(12)28-10-11-2-5-14(6-3-11)23(26)27/h2-9H,10H2,1H3,(H,21,24,29). The zero-order chi connectivity index (χ0) is 21.1. The van der Waals surface area contributed by atoms with Crippen LogP contribution < -0.4 is 10.1 Å². The molecule has 0 bridgehead atoms. The van der Waals surface area contributed by atoms with Crippen LogP contribution in [0.15, 0.2) is 52.5 Å². The van der Waals surface area contributed by atoms with Crippen LogP contribution in [0.4, 0.5) is 5.69 Å². The van der Waals surface area contributed by atoms with E-state index in [0.717, 1.165) is 10.0 Å². The van der Waals surface area contributed by atoms with Gasteiger partial charge in [0.05, 0.1) is 4.92 Å². The van der Waals surface area contributed by atoms with Gasteiger partial charge in [0, 0.05) is 29.2 Å². The van der Waals surface area contributed by atoms with E-state index in [9.17, 15) is 19.7 Å². The van der Waals surface area contributed by atoms with Gasteiger partial charge in [0.2, 0.25) is 0 Å². The van der Waals surface area contributed by atoms with Gasteiger partial charge < -0.3 is 4.74 Å². The number of nitro groups is 1. The molecule has 10 heteroatoms. The summed E-state index contributed by atoms with van der Waals surface area (Å²) in [6, 6.07) is 11.2. The molecule has 2 aromatic rings. The molecule has 1 fully saturated rings. The summed E-state index contributed by atoms with van der Waals surface area (Å²) >= 11 is 8.30. The highest BCUT2D eigenvalue weighted by Gasteiger charge is 2.31. The summed E-state index contributed by atoms with van der Waals surface area (Å²) in [4.78, 5) is 36.1. The Balaban J connectivity index is 1.86. The van der Waals surface area contributed by atoms with E-state index in [4.69, 9.17) is 17.0 Å². The van der Waals surface area contributed by atoms with Gasteiger partial charge in [0.15, 0.2) is 5.11 Å². The van der Waals surface area contributed by atoms with Crippen molar-refractivity contribution in [2.24, 2.45) is 0 Å². The molecule has 2 amide bonds. The van der Waals surface area contributed by atoms with E-state index in [-0.39, 0.29) is 23.0 Å². The average molecular weight is 476 g/mol. The fourth-order valence-electron chi connectivity index (χ4n) is 2.54. The van der Waals surface area contributed by atoms with E-state index in [0.29, 0.717) is 11.3 Å². The first-order valence-corrected chi connectivity index (χ1v) is 9.47. The molecule has 1 saturated heterocycles. The number of benzene rings is 2. The Morgan fingerprint density at radius 1 is 1.24 bits per heavy atom. The molecule has 3 rings (SSSR count). The van der Waals surface area contributed by atoms with Crippen LogP contribution in [0.2, 0.25) is 0 Å². The topological polar surface area (TPSA) is 102 Å². The van der Waals surface area contributed by atoms with Crippen molar-refractivity contribution in [2.75, 3.05) is 7.05 Å². The number of carbonyl (C=O) groups excluding carboxylic acids is 2. The summed E-state index contributed by atoms with van der Waals surface area (Å²) in [7, 11) is 1.48. The second kappa shape index (κ2) is 8.50. The molecule has 0 spiro atoms. The maximum Gasteiger partial charge on any atom is 0.269 e. The Morgan fingerprint density at radius 2 is 1.93 bits per heavy atom. The molecule has 0 radical (unpaired) electrons. The zero-order valence-corrected chi connectivity index (χ0v) is 17.5. The van der Waals surface area contributed by atoms with E-state index < -0.39 is 16.7 Å². The first-order chi connectivity index (χ1) is 13.8. The predicted molar refractivity (Wildman–Crippen MR) is 113 cm³/mol. The molecular formula is C19H14BrN3O5S. The number of non-ortho nitro benzene ring substituents is 1. The third-order valence-corrected chi connectivity index (χ3v) is 4.99. The van der Waals surface area contributed by atoms with Gasteiger partial charge in [-0.05, 0) is 54.2 Å². The molecule has 1 N–H and O–H groups in total. The first-order valence-electron chi connectivity index (χ1n) is 8.27. The van der Waals surface area contributed by atoms with Crippen LogP contribution in [0.3, 0.4) is 0 Å². The Morgan fingerprint density at radius 3 is 2.59 bits per heavy atom. The van der Waals surface area contributed by atoms with Crippen LogP contribution in [-0.4, -0.2) is 33.8 Å². The lowest BCUT2D eigenvalue weighted by molar-refractivity contribution is -0.384. The van der Waals surface area contributed by atoms with Crippen LogP contribution in [-0.2, 0) is 16.2 Å². The predicted octanol–water partition coefficient (Wildman–Crippen LogP) is 3.19. The number of nitrogens with zero attached hydrogens (tertiary/aromatic N) is 2. The van der Waals surface area contributed by atoms with Crippen molar-refractivity contribution >= 4 is 56.8 Å². The van der Waals surface area contributed by atoms with Crippen LogP contribution in [0, 0.1) is 10.1 Å². The van der Waals surface area contributed by atoms with Crippen LogP contribution in [0.5, 0.6) is 5.75 Å². The van der Waals surface area contributed by atoms with Crippen molar-refractivity contribution < 1.29 is 19.2 Å². The molecule has 0 aliphatic carbocycles. The molecule has 0 atom stereocenters. The van der Waals surface area contributed by atoms with Gasteiger partial charge in [0.25, 0.3) is 17.5 Å². The minimum atomic E-state index is -0.584. The van der Waals surface area contributed by atoms with Crippen molar-refractivity contribution in [3.05, 3.63) is 73.8 Å². The van der Waals surface area contributed by atoms with Gasteiger partial charge in [-0.2, -0.15) is 0 Å². The maximum absolute atomic E-state index is 12.4. The lowest BCUT2D eigenvalue weighted by Crippen LogP contribution is -2.52. The number of nitrogens with one attached hydrogen (secondary N) is 1. The summed E-state index contributed by atoms with van der Waals surface area (Å²) in [6.07, 6.45) is 1.44. The van der Waals surface area contributed by atoms with Crippen molar-refractivity contribution in [3.63, 3.8) is 0 Å². The second-order valence-corrected chi connectivity index (χ2v) is 7.38. The van der Waals surface area contributed by atoms with E-state index in [1.54, 1.807) is 30.3 Å². The molecule has 1 heterocycles. The van der Waals surface area contributed by atoms with Gasteiger partial charge in [-0.1, -0.05) is 15.9 Å². The smallest absolute Gasteiger partial charge is 0.269 e. The number of carbonyl (C=O) groups is 2. The minimum absolute atomic E-state index is 0.00771. The van der Waals surface area contributed by atoms with Gasteiger partial charge in [-0.25, -0.2) is 0 Å². The van der Waals surface area contributed by atoms with Crippen LogP contribution in [0.1, 0.15) is 11.1 Å². The average Bonchev–Trinajstić information content (AvgIpc) is 2.69. The number of nitro benzene ring substituents is 1. The molecule has 2 aromatic carbocycles. The zero-order valence-electron chi connectivity index (χ0n) is 15.0. The number of thiocarbonyl (C=S) groups is 1. The van der Waals surface area contributed by atoms with Crippen molar-refractivity contribution in [2.45, 2.75) is 6.61 Å². The van der Waals surface area contributed by atoms with Gasteiger partial charge in [-0.3, -0.25) is 29.9 Å². The summed E-state index contributed by atoms with van der Waals surface area (Å²) < 4.78 is 6.56. The Hall–Kier alpha value is -3.11. The summed E-state index contributed by atoms with van der Waals surface area (Å²) in [5.74, 6) is -0.658. The van der Waals surface area contributed by atoms with E-state index in [2.05, 4.69) is 21.2 Å². The highest BCUT2D eigenvalue weighted by molar-refractivity contribution is 9.10. The molecule has 1 aliphatic rings. The molecule has 1 aliphatic heterocycles. The van der Waals surface area contributed by atoms with Gasteiger partial charge in [-0.15, -0.1) is 0 Å². The quantitative estimate of drug-likeness (QED) is 0.234. The number of ether oxygens (including phenoxy) is 1. The second-order valence-electron chi connectivity index (χ2n) is 6.08. The SMILES string of the molecule is CN1C(=O)C(=Cc2cc(Br)ccc2OCc2ccc([N+](=O)[O-])cc2)C(=O)NC1=S. The van der Waals surface area contributed by atoms with Gasteiger partial charge >= 0.3 is 0 Å². The van der Waals surface area contributed by atoms with Crippen molar-refractivity contribution in [1.82, 2.24) is 10.2 Å². The molecule has 0 saturated carbocycles. The van der Waals surface area contributed by atoms with Gasteiger partial charge in [0.1, 0.15) is 17.9 Å². The Bertz CT molecular complexity index is 1050. The van der Waals surface area contributed by atoms with Crippen molar-refractivity contribution in [1.29, 1.82) is 0 Å². The minimum Gasteiger partial charge on any atom is -0.488 e. The molecule has 8 nitrogen and oxygen atoms in total. The number of hydrogen-bond acceptors (Lipinski definition) is 6. The molecule has 0 aromatic heterocycles. The summed E-state index contributed by atoms with van der Waals surface area (Å²) in [6.45, 7) is 0.153. The number of hydrogen-bond donors (Lipinski definition) is 1. The van der Waals surface area contributed by atoms with Crippen LogP contribution >= 0.6 is 28.1 Å².